The summed E-state index contributed by atoms with van der Waals surface area (Å²) in [6, 6.07) is 3.95. The molecule has 7 heteroatoms. The Hall–Kier alpha value is -1.25. The number of carbonyl (C=O) groups is 1. The van der Waals surface area contributed by atoms with Crippen molar-refractivity contribution in [2.45, 2.75) is 57.8 Å². The molecule has 1 aromatic heterocycles. The van der Waals surface area contributed by atoms with Crippen molar-refractivity contribution in [3.63, 3.8) is 0 Å². The average molecular weight is 516 g/mol. The van der Waals surface area contributed by atoms with E-state index in [9.17, 15) is 4.79 Å². The predicted molar refractivity (Wildman–Crippen MR) is 128 cm³/mol. The number of piperidine rings is 1. The van der Waals surface area contributed by atoms with E-state index in [4.69, 9.17) is 9.41 Å². The summed E-state index contributed by atoms with van der Waals surface area (Å²) >= 11 is 0. The molecule has 0 unspecified atom stereocenters. The van der Waals surface area contributed by atoms with Gasteiger partial charge in [-0.25, -0.2) is 0 Å². The summed E-state index contributed by atoms with van der Waals surface area (Å²) in [6.45, 7) is 3.70. The molecule has 1 aromatic rings. The summed E-state index contributed by atoms with van der Waals surface area (Å²) in [6.07, 6.45) is 12.1. The fraction of sp³-hybridized carbons (Fsp3) is 0.727. The Morgan fingerprint density at radius 3 is 2.59 bits per heavy atom. The first kappa shape index (κ1) is 24.0. The molecule has 2 heterocycles. The monoisotopic (exact) mass is 516 g/mol. The molecule has 1 saturated heterocycles. The van der Waals surface area contributed by atoms with Crippen LogP contribution in [0.3, 0.4) is 0 Å². The molecule has 1 aliphatic heterocycles. The van der Waals surface area contributed by atoms with Gasteiger partial charge in [0.25, 0.3) is 0 Å². The highest BCUT2D eigenvalue weighted by atomic mass is 127. The fourth-order valence-corrected chi connectivity index (χ4v) is 4.32. The number of hydrogen-bond acceptors (Lipinski definition) is 3. The van der Waals surface area contributed by atoms with Gasteiger partial charge in [0.05, 0.1) is 6.26 Å². The van der Waals surface area contributed by atoms with Crippen LogP contribution in [0.15, 0.2) is 27.8 Å². The summed E-state index contributed by atoms with van der Waals surface area (Å²) in [5.74, 6) is 3.42. The Morgan fingerprint density at radius 1 is 1.17 bits per heavy atom. The highest BCUT2D eigenvalue weighted by Gasteiger charge is 2.23. The SMILES string of the molecule is CNC(=O)CC1CCN(C(=NCC2CCCCC2)NCCc2ccco2)CC1.I. The molecule has 164 valence electrons. The first-order valence-electron chi connectivity index (χ1n) is 11.0. The average Bonchev–Trinajstić information content (AvgIpc) is 3.25. The molecule has 1 aliphatic carbocycles. The van der Waals surface area contributed by atoms with Crippen LogP contribution in [0.5, 0.6) is 0 Å². The van der Waals surface area contributed by atoms with Gasteiger partial charge in [-0.2, -0.15) is 0 Å². The lowest BCUT2D eigenvalue weighted by atomic mass is 9.89. The molecule has 2 N–H and O–H groups in total. The lowest BCUT2D eigenvalue weighted by Gasteiger charge is -2.34. The molecule has 0 bridgehead atoms. The number of likely N-dealkylation sites (tertiary alicyclic amines) is 1. The first-order valence-corrected chi connectivity index (χ1v) is 11.0. The van der Waals surface area contributed by atoms with E-state index >= 15 is 0 Å². The number of nitrogens with zero attached hydrogens (tertiary/aromatic N) is 2. The van der Waals surface area contributed by atoms with Crippen LogP contribution in [-0.4, -0.2) is 50.0 Å². The molecule has 3 rings (SSSR count). The predicted octanol–water partition coefficient (Wildman–Crippen LogP) is 3.81. The second-order valence-corrected chi connectivity index (χ2v) is 8.23. The summed E-state index contributed by atoms with van der Waals surface area (Å²) in [5, 5.41) is 6.32. The number of aliphatic imine (C=N–C) groups is 1. The molecular formula is C22H37IN4O2. The number of halogens is 1. The van der Waals surface area contributed by atoms with Gasteiger partial charge in [0.15, 0.2) is 5.96 Å². The summed E-state index contributed by atoms with van der Waals surface area (Å²) in [7, 11) is 1.72. The Bertz CT molecular complexity index is 606. The van der Waals surface area contributed by atoms with Crippen LogP contribution in [0.25, 0.3) is 0 Å². The van der Waals surface area contributed by atoms with Crippen LogP contribution < -0.4 is 10.6 Å². The van der Waals surface area contributed by atoms with Crippen molar-refractivity contribution < 1.29 is 9.21 Å². The maximum absolute atomic E-state index is 11.7. The third kappa shape index (κ3) is 8.18. The second-order valence-electron chi connectivity index (χ2n) is 8.23. The van der Waals surface area contributed by atoms with Gasteiger partial charge < -0.3 is 20.0 Å². The Kier molecular flexibility index (Phi) is 10.9. The minimum Gasteiger partial charge on any atom is -0.469 e. The van der Waals surface area contributed by atoms with Crippen molar-refractivity contribution in [1.29, 1.82) is 0 Å². The van der Waals surface area contributed by atoms with Crippen molar-refractivity contribution in [2.24, 2.45) is 16.8 Å². The highest BCUT2D eigenvalue weighted by Crippen LogP contribution is 2.24. The van der Waals surface area contributed by atoms with E-state index in [1.807, 2.05) is 12.1 Å². The molecular weight excluding hydrogens is 479 g/mol. The fourth-order valence-electron chi connectivity index (χ4n) is 4.32. The molecule has 1 saturated carbocycles. The van der Waals surface area contributed by atoms with E-state index in [0.29, 0.717) is 12.3 Å². The van der Waals surface area contributed by atoms with E-state index in [-0.39, 0.29) is 29.9 Å². The quantitative estimate of drug-likeness (QED) is 0.329. The van der Waals surface area contributed by atoms with Gasteiger partial charge in [0.1, 0.15) is 5.76 Å². The van der Waals surface area contributed by atoms with Crippen LogP contribution >= 0.6 is 24.0 Å². The van der Waals surface area contributed by atoms with Gasteiger partial charge in [0, 0.05) is 46.1 Å². The van der Waals surface area contributed by atoms with E-state index in [1.54, 1.807) is 13.3 Å². The van der Waals surface area contributed by atoms with Crippen LogP contribution in [0.2, 0.25) is 0 Å². The van der Waals surface area contributed by atoms with Gasteiger partial charge >= 0.3 is 0 Å². The molecule has 6 nitrogen and oxygen atoms in total. The van der Waals surface area contributed by atoms with Gasteiger partial charge in [-0.1, -0.05) is 19.3 Å². The Morgan fingerprint density at radius 2 is 1.93 bits per heavy atom. The van der Waals surface area contributed by atoms with E-state index in [2.05, 4.69) is 15.5 Å². The summed E-state index contributed by atoms with van der Waals surface area (Å²) in [5.41, 5.74) is 0. The second kappa shape index (κ2) is 13.1. The maximum Gasteiger partial charge on any atom is 0.220 e. The number of nitrogens with one attached hydrogen (secondary N) is 2. The molecule has 29 heavy (non-hydrogen) atoms. The normalized spacial score (nSPS) is 18.9. The highest BCUT2D eigenvalue weighted by molar-refractivity contribution is 14.0. The van der Waals surface area contributed by atoms with E-state index in [1.165, 1.54) is 32.1 Å². The summed E-state index contributed by atoms with van der Waals surface area (Å²) < 4.78 is 5.45. The molecule has 0 radical (unpaired) electrons. The van der Waals surface area contributed by atoms with Gasteiger partial charge in [0.2, 0.25) is 5.91 Å². The Balaban J connectivity index is 0.00000300. The zero-order valence-electron chi connectivity index (χ0n) is 17.7. The van der Waals surface area contributed by atoms with Gasteiger partial charge in [-0.3, -0.25) is 9.79 Å². The molecule has 0 spiro atoms. The van der Waals surface area contributed by atoms with Crippen molar-refractivity contribution >= 4 is 35.8 Å². The smallest absolute Gasteiger partial charge is 0.220 e. The molecule has 0 atom stereocenters. The largest absolute Gasteiger partial charge is 0.469 e. The van der Waals surface area contributed by atoms with Crippen LogP contribution in [0.4, 0.5) is 0 Å². The van der Waals surface area contributed by atoms with Crippen LogP contribution in [0, 0.1) is 11.8 Å². The third-order valence-electron chi connectivity index (χ3n) is 6.13. The lowest BCUT2D eigenvalue weighted by Crippen LogP contribution is -2.46. The first-order chi connectivity index (χ1) is 13.7. The lowest BCUT2D eigenvalue weighted by molar-refractivity contribution is -0.121. The molecule has 2 aliphatic rings. The van der Waals surface area contributed by atoms with Crippen molar-refractivity contribution in [2.75, 3.05) is 33.2 Å². The third-order valence-corrected chi connectivity index (χ3v) is 6.13. The van der Waals surface area contributed by atoms with Crippen molar-refractivity contribution in [3.8, 4) is 0 Å². The van der Waals surface area contributed by atoms with Gasteiger partial charge in [-0.05, 0) is 49.7 Å². The van der Waals surface area contributed by atoms with Crippen LogP contribution in [-0.2, 0) is 11.2 Å². The summed E-state index contributed by atoms with van der Waals surface area (Å²) in [4.78, 5) is 19.1. The number of guanidine groups is 1. The Labute approximate surface area is 192 Å². The number of rotatable bonds is 7. The molecule has 2 fully saturated rings. The van der Waals surface area contributed by atoms with Gasteiger partial charge in [-0.15, -0.1) is 24.0 Å². The topological polar surface area (TPSA) is 69.9 Å². The maximum atomic E-state index is 11.7. The van der Waals surface area contributed by atoms with Crippen molar-refractivity contribution in [3.05, 3.63) is 24.2 Å². The zero-order chi connectivity index (χ0) is 19.6. The van der Waals surface area contributed by atoms with Crippen LogP contribution in [0.1, 0.15) is 57.1 Å². The van der Waals surface area contributed by atoms with Crippen molar-refractivity contribution in [1.82, 2.24) is 15.5 Å². The number of furan rings is 1. The zero-order valence-corrected chi connectivity index (χ0v) is 20.0. The number of hydrogen-bond donors (Lipinski definition) is 2. The van der Waals surface area contributed by atoms with E-state index < -0.39 is 0 Å². The standard InChI is InChI=1S/C22H36N4O2.HI/c1-23-21(27)16-18-10-13-26(14-11-18)22(24-12-9-20-8-5-15-28-20)25-17-19-6-3-2-4-7-19;/h5,8,15,18-19H,2-4,6-7,9-14,16-17H2,1H3,(H,23,27)(H,24,25);1H. The molecule has 0 aromatic carbocycles. The minimum atomic E-state index is 0. The number of carbonyl (C=O) groups excluding carboxylic acids is 1. The molecule has 1 amide bonds. The number of amides is 1. The van der Waals surface area contributed by atoms with E-state index in [0.717, 1.165) is 63.1 Å². The minimum absolute atomic E-state index is 0.